The number of hydrogen-bond donors (Lipinski definition) is 0. The Labute approximate surface area is 155 Å². The van der Waals surface area contributed by atoms with E-state index < -0.39 is 0 Å². The Morgan fingerprint density at radius 1 is 1.31 bits per heavy atom. The molecule has 0 bridgehead atoms. The Kier molecular flexibility index (Phi) is 4.36. The van der Waals surface area contributed by atoms with Crippen molar-refractivity contribution in [3.8, 4) is 5.75 Å². The van der Waals surface area contributed by atoms with Crippen molar-refractivity contribution in [3.63, 3.8) is 0 Å². The van der Waals surface area contributed by atoms with Gasteiger partial charge >= 0.3 is 0 Å². The molecule has 3 aromatic rings. The Morgan fingerprint density at radius 2 is 2.12 bits per heavy atom. The van der Waals surface area contributed by atoms with E-state index in [-0.39, 0.29) is 17.7 Å². The van der Waals surface area contributed by atoms with Crippen LogP contribution in [0.25, 0.3) is 4.96 Å². The number of methoxy groups -OCH3 is 1. The number of hydrogen-bond acceptors (Lipinski definition) is 6. The van der Waals surface area contributed by atoms with Gasteiger partial charge < -0.3 is 9.64 Å². The maximum absolute atomic E-state index is 12.5. The van der Waals surface area contributed by atoms with Crippen LogP contribution in [0, 0.1) is 0 Å². The SMILES string of the molecule is COc1ccccc1CN1C[C@@H](c2nn3c(C(C)C)nnc3s2)CC1=O. The third-order valence-corrected chi connectivity index (χ3v) is 5.73. The first-order valence-electron chi connectivity index (χ1n) is 8.68. The number of para-hydroxylation sites is 1. The van der Waals surface area contributed by atoms with Crippen LogP contribution in [-0.2, 0) is 11.3 Å². The van der Waals surface area contributed by atoms with Crippen molar-refractivity contribution >= 4 is 22.2 Å². The number of amides is 1. The Bertz CT molecular complexity index is 948. The molecule has 26 heavy (non-hydrogen) atoms. The van der Waals surface area contributed by atoms with Gasteiger partial charge in [-0.05, 0) is 6.07 Å². The zero-order valence-corrected chi connectivity index (χ0v) is 15.9. The first kappa shape index (κ1) is 17.0. The zero-order valence-electron chi connectivity index (χ0n) is 15.0. The molecule has 0 N–H and O–H groups in total. The predicted molar refractivity (Wildman–Crippen MR) is 98.5 cm³/mol. The van der Waals surface area contributed by atoms with Crippen molar-refractivity contribution in [1.29, 1.82) is 0 Å². The average molecular weight is 371 g/mol. The van der Waals surface area contributed by atoms with Crippen LogP contribution in [0.3, 0.4) is 0 Å². The maximum atomic E-state index is 12.5. The molecular formula is C18H21N5O2S. The van der Waals surface area contributed by atoms with Crippen LogP contribution in [-0.4, -0.2) is 44.3 Å². The molecule has 0 unspecified atom stereocenters. The Hall–Kier alpha value is -2.48. The van der Waals surface area contributed by atoms with Gasteiger partial charge in [0.1, 0.15) is 10.8 Å². The van der Waals surface area contributed by atoms with Gasteiger partial charge in [-0.1, -0.05) is 43.4 Å². The lowest BCUT2D eigenvalue weighted by molar-refractivity contribution is -0.128. The molecule has 0 radical (unpaired) electrons. The van der Waals surface area contributed by atoms with E-state index in [1.54, 1.807) is 7.11 Å². The molecule has 1 atom stereocenters. The molecule has 7 nitrogen and oxygen atoms in total. The van der Waals surface area contributed by atoms with Gasteiger partial charge in [0.2, 0.25) is 10.9 Å². The molecule has 1 aliphatic rings. The molecule has 136 valence electrons. The van der Waals surface area contributed by atoms with Crippen LogP contribution < -0.4 is 4.74 Å². The van der Waals surface area contributed by atoms with Crippen LogP contribution >= 0.6 is 11.3 Å². The molecule has 4 rings (SSSR count). The third kappa shape index (κ3) is 2.94. The number of carbonyl (C=O) groups is 1. The summed E-state index contributed by atoms with van der Waals surface area (Å²) in [5, 5.41) is 14.1. The van der Waals surface area contributed by atoms with Crippen LogP contribution in [0.4, 0.5) is 0 Å². The van der Waals surface area contributed by atoms with E-state index in [9.17, 15) is 4.79 Å². The zero-order chi connectivity index (χ0) is 18.3. The topological polar surface area (TPSA) is 72.6 Å². The second-order valence-corrected chi connectivity index (χ2v) is 7.82. The first-order chi connectivity index (χ1) is 12.6. The van der Waals surface area contributed by atoms with Gasteiger partial charge in [0.05, 0.1) is 7.11 Å². The van der Waals surface area contributed by atoms with Crippen LogP contribution in [0.2, 0.25) is 0 Å². The van der Waals surface area contributed by atoms with Gasteiger partial charge in [-0.3, -0.25) is 4.79 Å². The number of nitrogens with zero attached hydrogens (tertiary/aromatic N) is 5. The highest BCUT2D eigenvalue weighted by Crippen LogP contribution is 2.33. The third-order valence-electron chi connectivity index (χ3n) is 4.66. The van der Waals surface area contributed by atoms with Gasteiger partial charge in [0.15, 0.2) is 5.82 Å². The van der Waals surface area contributed by atoms with Crippen molar-refractivity contribution in [3.05, 3.63) is 40.7 Å². The quantitative estimate of drug-likeness (QED) is 0.690. The normalized spacial score (nSPS) is 17.6. The van der Waals surface area contributed by atoms with Crippen molar-refractivity contribution in [2.24, 2.45) is 0 Å². The summed E-state index contributed by atoms with van der Waals surface area (Å²) < 4.78 is 7.22. The Balaban J connectivity index is 1.54. The van der Waals surface area contributed by atoms with E-state index in [4.69, 9.17) is 9.84 Å². The molecule has 1 amide bonds. The van der Waals surface area contributed by atoms with E-state index in [0.717, 1.165) is 27.1 Å². The summed E-state index contributed by atoms with van der Waals surface area (Å²) >= 11 is 1.53. The minimum Gasteiger partial charge on any atom is -0.496 e. The smallest absolute Gasteiger partial charge is 0.234 e. The fraction of sp³-hybridized carbons (Fsp3) is 0.444. The van der Waals surface area contributed by atoms with Crippen molar-refractivity contribution < 1.29 is 9.53 Å². The lowest BCUT2D eigenvalue weighted by Gasteiger charge is -2.18. The van der Waals surface area contributed by atoms with Crippen molar-refractivity contribution in [2.75, 3.05) is 13.7 Å². The standard InChI is InChI=1S/C18H21N5O2S/c1-11(2)16-19-20-18-23(16)21-17(26-18)13-8-15(24)22(10-13)9-12-6-4-5-7-14(12)25-3/h4-7,11,13H,8-10H2,1-3H3/t13-/m0/s1. The molecular weight excluding hydrogens is 350 g/mol. The first-order valence-corrected chi connectivity index (χ1v) is 9.50. The second-order valence-electron chi connectivity index (χ2n) is 6.83. The maximum Gasteiger partial charge on any atom is 0.234 e. The van der Waals surface area contributed by atoms with E-state index in [2.05, 4.69) is 24.0 Å². The number of ether oxygens (including phenoxy) is 1. The second kappa shape index (κ2) is 6.68. The van der Waals surface area contributed by atoms with E-state index in [1.165, 1.54) is 11.3 Å². The molecule has 1 aromatic carbocycles. The summed E-state index contributed by atoms with van der Waals surface area (Å²) in [5.41, 5.74) is 1.02. The van der Waals surface area contributed by atoms with Crippen LogP contribution in [0.1, 0.15) is 48.5 Å². The fourth-order valence-corrected chi connectivity index (χ4v) is 4.24. The fourth-order valence-electron chi connectivity index (χ4n) is 3.30. The molecule has 1 aliphatic heterocycles. The summed E-state index contributed by atoms with van der Waals surface area (Å²) in [7, 11) is 1.65. The van der Waals surface area contributed by atoms with Gasteiger partial charge in [0, 0.05) is 36.9 Å². The van der Waals surface area contributed by atoms with Gasteiger partial charge in [-0.2, -0.15) is 9.61 Å². The number of likely N-dealkylation sites (tertiary alicyclic amines) is 1. The van der Waals surface area contributed by atoms with Crippen molar-refractivity contribution in [2.45, 2.75) is 38.6 Å². The lowest BCUT2D eigenvalue weighted by Crippen LogP contribution is -2.24. The molecule has 0 aliphatic carbocycles. The molecule has 1 saturated heterocycles. The average Bonchev–Trinajstić information content (AvgIpc) is 3.29. The number of benzene rings is 1. The van der Waals surface area contributed by atoms with Crippen LogP contribution in [0.5, 0.6) is 5.75 Å². The van der Waals surface area contributed by atoms with Crippen molar-refractivity contribution in [1.82, 2.24) is 24.7 Å². The molecule has 0 saturated carbocycles. The van der Waals surface area contributed by atoms with E-state index in [1.807, 2.05) is 33.7 Å². The predicted octanol–water partition coefficient (Wildman–Crippen LogP) is 2.83. The number of rotatable bonds is 5. The molecule has 0 spiro atoms. The van der Waals surface area contributed by atoms with Gasteiger partial charge in [0.25, 0.3) is 0 Å². The van der Waals surface area contributed by atoms with E-state index >= 15 is 0 Å². The molecule has 3 heterocycles. The largest absolute Gasteiger partial charge is 0.496 e. The monoisotopic (exact) mass is 371 g/mol. The minimum absolute atomic E-state index is 0.101. The minimum atomic E-state index is 0.101. The lowest BCUT2D eigenvalue weighted by atomic mass is 10.1. The number of carbonyl (C=O) groups excluding carboxylic acids is 1. The van der Waals surface area contributed by atoms with Crippen LogP contribution in [0.15, 0.2) is 24.3 Å². The molecule has 2 aromatic heterocycles. The molecule has 1 fully saturated rings. The molecule has 8 heteroatoms. The van der Waals surface area contributed by atoms with Gasteiger partial charge in [-0.25, -0.2) is 0 Å². The summed E-state index contributed by atoms with van der Waals surface area (Å²) in [6.45, 7) is 5.37. The van der Waals surface area contributed by atoms with E-state index in [0.29, 0.717) is 19.5 Å². The summed E-state index contributed by atoms with van der Waals surface area (Å²) in [6.07, 6.45) is 0.482. The summed E-state index contributed by atoms with van der Waals surface area (Å²) in [6, 6.07) is 7.82. The summed E-state index contributed by atoms with van der Waals surface area (Å²) in [5.74, 6) is 2.17. The number of aromatic nitrogens is 4. The summed E-state index contributed by atoms with van der Waals surface area (Å²) in [4.78, 5) is 15.2. The highest BCUT2D eigenvalue weighted by atomic mass is 32.1. The highest BCUT2D eigenvalue weighted by Gasteiger charge is 2.33. The highest BCUT2D eigenvalue weighted by molar-refractivity contribution is 7.16. The van der Waals surface area contributed by atoms with Gasteiger partial charge in [-0.15, -0.1) is 10.2 Å². The Morgan fingerprint density at radius 3 is 2.88 bits per heavy atom. The number of fused-ring (bicyclic) bond motifs is 1.